The minimum Gasteiger partial charge on any atom is -0.550 e. The summed E-state index contributed by atoms with van der Waals surface area (Å²) >= 11 is 0. The van der Waals surface area contributed by atoms with Crippen LogP contribution in [-0.4, -0.2) is 29.4 Å². The normalized spacial score (nSPS) is 21.4. The summed E-state index contributed by atoms with van der Waals surface area (Å²) in [5, 5.41) is 21.5. The highest BCUT2D eigenvalue weighted by molar-refractivity contribution is 5.66. The van der Waals surface area contributed by atoms with Crippen LogP contribution in [0.2, 0.25) is 0 Å². The molecule has 0 heterocycles. The van der Waals surface area contributed by atoms with E-state index in [4.69, 9.17) is 4.74 Å². The van der Waals surface area contributed by atoms with E-state index in [0.717, 1.165) is 32.3 Å². The Morgan fingerprint density at radius 3 is 2.53 bits per heavy atom. The van der Waals surface area contributed by atoms with Crippen LogP contribution in [-0.2, 0) is 9.53 Å². The van der Waals surface area contributed by atoms with Crippen LogP contribution in [0.5, 0.6) is 0 Å². The fourth-order valence-electron chi connectivity index (χ4n) is 5.31. The maximum Gasteiger partial charge on any atom is 0.0850 e. The standard InChI is InChI=1S/C34H60O4/c1-8-9-10-11-25-38-32-30(6)28(4)20-22-31(32)21-19-27(3)16-12-15-26(2)17-13-23-34(7,37)24-14-18-29(5)33(35)36/h17,20,22,27,29-30,32,37H,8-16,18-19,21,23-25H2,1-7H3,(H,35,36)/p-1/b26-17+. The Labute approximate surface area is 235 Å². The van der Waals surface area contributed by atoms with Crippen molar-refractivity contribution in [3.8, 4) is 0 Å². The fraction of sp³-hybridized carbons (Fsp3) is 0.794. The van der Waals surface area contributed by atoms with Gasteiger partial charge in [0.05, 0.1) is 11.7 Å². The summed E-state index contributed by atoms with van der Waals surface area (Å²) in [6, 6.07) is 0. The molecular weight excluding hydrogens is 472 g/mol. The van der Waals surface area contributed by atoms with Crippen LogP contribution in [0, 0.1) is 17.8 Å². The van der Waals surface area contributed by atoms with Crippen molar-refractivity contribution in [3.05, 3.63) is 34.9 Å². The summed E-state index contributed by atoms with van der Waals surface area (Å²) in [5.41, 5.74) is 3.56. The van der Waals surface area contributed by atoms with E-state index in [-0.39, 0.29) is 6.10 Å². The summed E-state index contributed by atoms with van der Waals surface area (Å²) in [4.78, 5) is 10.8. The van der Waals surface area contributed by atoms with Gasteiger partial charge in [0, 0.05) is 18.5 Å². The van der Waals surface area contributed by atoms with Gasteiger partial charge in [-0.25, -0.2) is 0 Å². The van der Waals surface area contributed by atoms with Crippen molar-refractivity contribution in [2.75, 3.05) is 6.61 Å². The molecule has 0 fully saturated rings. The van der Waals surface area contributed by atoms with E-state index in [1.807, 2.05) is 6.92 Å². The van der Waals surface area contributed by atoms with E-state index in [0.29, 0.717) is 37.5 Å². The van der Waals surface area contributed by atoms with Crippen LogP contribution >= 0.6 is 0 Å². The van der Waals surface area contributed by atoms with Crippen LogP contribution < -0.4 is 5.11 Å². The maximum absolute atomic E-state index is 10.8. The van der Waals surface area contributed by atoms with Crippen molar-refractivity contribution < 1.29 is 19.7 Å². The number of unbranched alkanes of at least 4 members (excludes halogenated alkanes) is 3. The van der Waals surface area contributed by atoms with E-state index >= 15 is 0 Å². The molecule has 5 atom stereocenters. The van der Waals surface area contributed by atoms with Gasteiger partial charge in [-0.2, -0.15) is 0 Å². The third kappa shape index (κ3) is 14.7. The van der Waals surface area contributed by atoms with Gasteiger partial charge < -0.3 is 19.7 Å². The second-order valence-electron chi connectivity index (χ2n) is 12.5. The van der Waals surface area contributed by atoms with Gasteiger partial charge in [-0.1, -0.05) is 82.8 Å². The molecule has 0 aliphatic heterocycles. The third-order valence-electron chi connectivity index (χ3n) is 8.52. The second kappa shape index (κ2) is 18.8. The smallest absolute Gasteiger partial charge is 0.0850 e. The first-order valence-electron chi connectivity index (χ1n) is 15.5. The zero-order valence-corrected chi connectivity index (χ0v) is 25.8. The van der Waals surface area contributed by atoms with Crippen LogP contribution in [0.4, 0.5) is 0 Å². The molecule has 1 aliphatic rings. The molecule has 1 rings (SSSR count). The van der Waals surface area contributed by atoms with Crippen molar-refractivity contribution >= 4 is 5.97 Å². The minimum atomic E-state index is -1.00. The molecule has 4 nitrogen and oxygen atoms in total. The number of carboxylic acid groups (broad SMARTS) is 1. The van der Waals surface area contributed by atoms with Gasteiger partial charge in [0.2, 0.25) is 0 Å². The van der Waals surface area contributed by atoms with Crippen molar-refractivity contribution in [1.29, 1.82) is 0 Å². The molecule has 0 aromatic heterocycles. The number of carboxylic acids is 1. The number of aliphatic carboxylic acids is 1. The molecular formula is C34H59O4-. The quantitative estimate of drug-likeness (QED) is 0.120. The number of hydrogen-bond acceptors (Lipinski definition) is 4. The second-order valence-corrected chi connectivity index (χ2v) is 12.5. The molecule has 0 radical (unpaired) electrons. The Bertz CT molecular complexity index is 760. The fourth-order valence-corrected chi connectivity index (χ4v) is 5.31. The number of carbonyl (C=O) groups is 1. The van der Waals surface area contributed by atoms with Gasteiger partial charge in [0.1, 0.15) is 0 Å². The molecule has 220 valence electrons. The number of rotatable bonds is 21. The first-order valence-corrected chi connectivity index (χ1v) is 15.5. The molecule has 1 N–H and O–H groups in total. The minimum absolute atomic E-state index is 0.244. The predicted molar refractivity (Wildman–Crippen MR) is 159 cm³/mol. The highest BCUT2D eigenvalue weighted by Gasteiger charge is 2.26. The van der Waals surface area contributed by atoms with Crippen molar-refractivity contribution in [1.82, 2.24) is 0 Å². The molecule has 1 aliphatic carbocycles. The summed E-state index contributed by atoms with van der Waals surface area (Å²) < 4.78 is 6.41. The van der Waals surface area contributed by atoms with Gasteiger partial charge in [-0.3, -0.25) is 0 Å². The van der Waals surface area contributed by atoms with Gasteiger partial charge in [0.25, 0.3) is 0 Å². The first kappa shape index (κ1) is 34.6. The van der Waals surface area contributed by atoms with Crippen LogP contribution in [0.3, 0.4) is 0 Å². The van der Waals surface area contributed by atoms with Crippen molar-refractivity contribution in [3.63, 3.8) is 0 Å². The lowest BCUT2D eigenvalue weighted by Gasteiger charge is -2.31. The van der Waals surface area contributed by atoms with Crippen LogP contribution in [0.25, 0.3) is 0 Å². The average Bonchev–Trinajstić information content (AvgIpc) is 2.85. The molecule has 5 unspecified atom stereocenters. The zero-order chi connectivity index (χ0) is 28.6. The van der Waals surface area contributed by atoms with Gasteiger partial charge >= 0.3 is 0 Å². The number of carbonyl (C=O) groups excluding carboxylic acids is 1. The molecule has 38 heavy (non-hydrogen) atoms. The third-order valence-corrected chi connectivity index (χ3v) is 8.52. The molecule has 4 heteroatoms. The Morgan fingerprint density at radius 1 is 1.11 bits per heavy atom. The summed E-state index contributed by atoms with van der Waals surface area (Å²) in [6.07, 6.45) is 21.5. The topological polar surface area (TPSA) is 69.6 Å². The number of allylic oxidation sites excluding steroid dienone is 4. The highest BCUT2D eigenvalue weighted by Crippen LogP contribution is 2.32. The maximum atomic E-state index is 10.8. The van der Waals surface area contributed by atoms with Crippen molar-refractivity contribution in [2.45, 2.75) is 150 Å². The molecule has 0 saturated carbocycles. The average molecular weight is 532 g/mol. The zero-order valence-electron chi connectivity index (χ0n) is 25.8. The molecule has 0 spiro atoms. The van der Waals surface area contributed by atoms with Gasteiger partial charge in [-0.15, -0.1) is 0 Å². The molecule has 0 amide bonds. The SMILES string of the molecule is CCCCCCOC1C(CCC(C)CCC/C(C)=C/CCC(C)(O)CCCC(C)C(=O)[O-])=CC=C(C)C1C. The largest absolute Gasteiger partial charge is 0.550 e. The van der Waals surface area contributed by atoms with E-state index in [1.54, 1.807) is 6.92 Å². The van der Waals surface area contributed by atoms with Crippen LogP contribution in [0.15, 0.2) is 34.9 Å². The molecule has 0 saturated heterocycles. The van der Waals surface area contributed by atoms with E-state index in [2.05, 4.69) is 52.8 Å². The highest BCUT2D eigenvalue weighted by atomic mass is 16.5. The Hall–Kier alpha value is -1.39. The number of hydrogen-bond donors (Lipinski definition) is 1. The van der Waals surface area contributed by atoms with Crippen LogP contribution in [0.1, 0.15) is 138 Å². The lowest BCUT2D eigenvalue weighted by molar-refractivity contribution is -0.311. The molecule has 0 aromatic rings. The van der Waals surface area contributed by atoms with E-state index < -0.39 is 17.5 Å². The van der Waals surface area contributed by atoms with E-state index in [1.165, 1.54) is 55.2 Å². The number of ether oxygens (including phenoxy) is 1. The summed E-state index contributed by atoms with van der Waals surface area (Å²) in [7, 11) is 0. The van der Waals surface area contributed by atoms with E-state index in [9.17, 15) is 15.0 Å². The first-order chi connectivity index (χ1) is 18.0. The molecule has 0 bridgehead atoms. The van der Waals surface area contributed by atoms with Crippen molar-refractivity contribution in [2.24, 2.45) is 17.8 Å². The van der Waals surface area contributed by atoms with Gasteiger partial charge in [-0.05, 0) is 102 Å². The predicted octanol–water partition coefficient (Wildman–Crippen LogP) is 8.09. The lowest BCUT2D eigenvalue weighted by atomic mass is 9.83. The Kier molecular flexibility index (Phi) is 17.2. The Morgan fingerprint density at radius 2 is 1.84 bits per heavy atom. The molecule has 0 aromatic carbocycles. The monoisotopic (exact) mass is 531 g/mol. The summed E-state index contributed by atoms with van der Waals surface area (Å²) in [5.74, 6) is -0.290. The Balaban J connectivity index is 2.34. The summed E-state index contributed by atoms with van der Waals surface area (Å²) in [6.45, 7) is 15.8. The number of aliphatic hydroxyl groups is 1. The van der Waals surface area contributed by atoms with Gasteiger partial charge in [0.15, 0.2) is 0 Å². The lowest BCUT2D eigenvalue weighted by Crippen LogP contribution is -2.30.